The highest BCUT2D eigenvalue weighted by atomic mass is 16.2. The second-order valence-corrected chi connectivity index (χ2v) is 11.9. The van der Waals surface area contributed by atoms with E-state index in [4.69, 9.17) is 0 Å². The Kier molecular flexibility index (Phi) is 8.55. The maximum absolute atomic E-state index is 13.9. The molecular weight excluding hydrogens is 590 g/mol. The highest BCUT2D eigenvalue weighted by Crippen LogP contribution is 2.30. The van der Waals surface area contributed by atoms with E-state index in [0.717, 1.165) is 5.56 Å². The molecule has 0 aliphatic carbocycles. The molecule has 15 heteroatoms. The summed E-state index contributed by atoms with van der Waals surface area (Å²) in [6, 6.07) is 13.1. The third-order valence-electron chi connectivity index (χ3n) is 8.28. The largest absolute Gasteiger partial charge is 0.349 e. The van der Waals surface area contributed by atoms with Crippen LogP contribution >= 0.6 is 0 Å². The van der Waals surface area contributed by atoms with Gasteiger partial charge in [-0.1, -0.05) is 61.5 Å². The number of nitrogens with one attached hydrogen (secondary N) is 3. The molecule has 1 saturated heterocycles. The van der Waals surface area contributed by atoms with Crippen LogP contribution in [0.1, 0.15) is 47.9 Å². The van der Waals surface area contributed by atoms with Crippen LogP contribution in [0.15, 0.2) is 60.8 Å². The lowest BCUT2D eigenvalue weighted by atomic mass is 10.00. The Balaban J connectivity index is 1.29. The SMILES string of the molecule is CC(C)[C@@H]1NC(=O)[C@@H]2C[C@@H](CN2C(=O)c2ccc(-c3nnn(C)n3)cc2)n2cc(nn2)CNC(=O)[C@@H](Cc2ccccc2)NC1=O. The summed E-state index contributed by atoms with van der Waals surface area (Å²) in [5.74, 6) is -1.56. The Morgan fingerprint density at radius 1 is 0.935 bits per heavy atom. The molecule has 4 atom stereocenters. The van der Waals surface area contributed by atoms with Crippen LogP contribution in [0, 0.1) is 5.92 Å². The molecule has 4 heterocycles. The van der Waals surface area contributed by atoms with Crippen LogP contribution in [0.25, 0.3) is 11.4 Å². The van der Waals surface area contributed by atoms with Gasteiger partial charge in [0, 0.05) is 30.5 Å². The van der Waals surface area contributed by atoms with Gasteiger partial charge in [-0.05, 0) is 28.8 Å². The van der Waals surface area contributed by atoms with Crippen molar-refractivity contribution in [3.63, 3.8) is 0 Å². The zero-order chi connectivity index (χ0) is 32.4. The molecule has 46 heavy (non-hydrogen) atoms. The van der Waals surface area contributed by atoms with Crippen molar-refractivity contribution in [2.45, 2.75) is 57.4 Å². The maximum atomic E-state index is 13.9. The van der Waals surface area contributed by atoms with Crippen molar-refractivity contribution >= 4 is 23.6 Å². The highest BCUT2D eigenvalue weighted by molar-refractivity contribution is 5.99. The van der Waals surface area contributed by atoms with Crippen molar-refractivity contribution in [3.05, 3.63) is 77.6 Å². The minimum absolute atomic E-state index is 0.0938. The average molecular weight is 626 g/mol. The number of hydrogen-bond acceptors (Lipinski definition) is 9. The molecule has 0 unspecified atom stereocenters. The van der Waals surface area contributed by atoms with E-state index in [0.29, 0.717) is 22.6 Å². The van der Waals surface area contributed by atoms with Gasteiger partial charge >= 0.3 is 0 Å². The molecule has 1 fully saturated rings. The average Bonchev–Trinajstić information content (AvgIpc) is 3.82. The zero-order valence-electron chi connectivity index (χ0n) is 25.7. The number of rotatable bonds is 5. The first-order valence-corrected chi connectivity index (χ1v) is 15.1. The number of carbonyl (C=O) groups is 4. The molecule has 0 spiro atoms. The maximum Gasteiger partial charge on any atom is 0.254 e. The number of nitrogens with zero attached hydrogens (tertiary/aromatic N) is 8. The Morgan fingerprint density at radius 2 is 1.70 bits per heavy atom. The highest BCUT2D eigenvalue weighted by Gasteiger charge is 2.43. The van der Waals surface area contributed by atoms with Crippen molar-refractivity contribution in [2.75, 3.05) is 6.54 Å². The standard InChI is InChI=1S/C31H35N11O4/c1-18(2)26-30(45)33-24(13-19-7-5-4-6-8-19)28(43)32-15-22-16-42(39-35-22)23-14-25(29(44)34-26)41(17-23)31(46)21-11-9-20(10-12-21)27-36-38-40(3)37-27/h4-12,16,18,23-26H,13-15,17H2,1-3H3,(H,32,43)(H,33,45)(H,34,44)/t23-,24+,25-,26-/m0/s1. The molecule has 238 valence electrons. The summed E-state index contributed by atoms with van der Waals surface area (Å²) in [4.78, 5) is 57.6. The van der Waals surface area contributed by atoms with Crippen LogP contribution in [0.2, 0.25) is 0 Å². The summed E-state index contributed by atoms with van der Waals surface area (Å²) in [7, 11) is 1.67. The van der Waals surface area contributed by atoms with E-state index < -0.39 is 29.9 Å². The first-order chi connectivity index (χ1) is 22.2. The quantitative estimate of drug-likeness (QED) is 0.283. The fourth-order valence-corrected chi connectivity index (χ4v) is 5.78. The van der Waals surface area contributed by atoms with Gasteiger partial charge in [0.2, 0.25) is 23.5 Å². The fourth-order valence-electron chi connectivity index (χ4n) is 5.78. The smallest absolute Gasteiger partial charge is 0.254 e. The molecule has 3 N–H and O–H groups in total. The fraction of sp³-hybridized carbons (Fsp3) is 0.387. The Hall–Kier alpha value is -5.47. The molecule has 4 aromatic rings. The predicted molar refractivity (Wildman–Crippen MR) is 163 cm³/mol. The molecule has 2 aliphatic heterocycles. The van der Waals surface area contributed by atoms with E-state index in [1.165, 1.54) is 9.70 Å². The van der Waals surface area contributed by atoms with E-state index in [9.17, 15) is 19.2 Å². The van der Waals surface area contributed by atoms with Crippen molar-refractivity contribution in [1.82, 2.24) is 56.1 Å². The van der Waals surface area contributed by atoms with Gasteiger partial charge in [-0.2, -0.15) is 4.80 Å². The number of amides is 4. The molecule has 15 nitrogen and oxygen atoms in total. The number of fused-ring (bicyclic) bond motifs is 5. The second kappa shape index (κ2) is 12.9. The van der Waals surface area contributed by atoms with Gasteiger partial charge in [0.1, 0.15) is 23.8 Å². The molecule has 2 aliphatic rings. The van der Waals surface area contributed by atoms with Crippen LogP contribution < -0.4 is 16.0 Å². The van der Waals surface area contributed by atoms with Gasteiger partial charge in [0.25, 0.3) is 5.91 Å². The van der Waals surface area contributed by atoms with E-state index in [-0.39, 0.29) is 49.7 Å². The molecule has 0 saturated carbocycles. The lowest BCUT2D eigenvalue weighted by molar-refractivity contribution is -0.134. The number of aryl methyl sites for hydroxylation is 1. The molecule has 4 amide bonds. The Morgan fingerprint density at radius 3 is 2.39 bits per heavy atom. The van der Waals surface area contributed by atoms with Crippen molar-refractivity contribution in [1.29, 1.82) is 0 Å². The third kappa shape index (κ3) is 6.48. The summed E-state index contributed by atoms with van der Waals surface area (Å²) >= 11 is 0. The van der Waals surface area contributed by atoms with Gasteiger partial charge in [-0.3, -0.25) is 19.2 Å². The topological polar surface area (TPSA) is 182 Å². The zero-order valence-corrected chi connectivity index (χ0v) is 25.7. The molecule has 2 aromatic carbocycles. The minimum Gasteiger partial charge on any atom is -0.349 e. The monoisotopic (exact) mass is 625 g/mol. The number of carbonyl (C=O) groups excluding carboxylic acids is 4. The van der Waals surface area contributed by atoms with Gasteiger partial charge < -0.3 is 20.9 Å². The number of tetrazole rings is 1. The summed E-state index contributed by atoms with van der Waals surface area (Å²) in [5.41, 5.74) is 2.44. The number of aromatic nitrogens is 7. The predicted octanol–water partition coefficient (Wildman–Crippen LogP) is 0.423. The Bertz CT molecular complexity index is 1730. The van der Waals surface area contributed by atoms with Crippen molar-refractivity contribution < 1.29 is 19.2 Å². The molecular formula is C31H35N11O4. The van der Waals surface area contributed by atoms with Crippen LogP contribution in [-0.2, 0) is 34.4 Å². The van der Waals surface area contributed by atoms with Crippen LogP contribution in [0.4, 0.5) is 0 Å². The van der Waals surface area contributed by atoms with E-state index in [2.05, 4.69) is 41.7 Å². The normalized spacial score (nSPS) is 22.1. The van der Waals surface area contributed by atoms with E-state index in [1.54, 1.807) is 42.2 Å². The van der Waals surface area contributed by atoms with E-state index >= 15 is 0 Å². The second-order valence-electron chi connectivity index (χ2n) is 11.9. The van der Waals surface area contributed by atoms with E-state index in [1.807, 2.05) is 44.2 Å². The first-order valence-electron chi connectivity index (χ1n) is 15.1. The lowest BCUT2D eigenvalue weighted by Gasteiger charge is -2.29. The molecule has 4 bridgehead atoms. The minimum atomic E-state index is -0.948. The summed E-state index contributed by atoms with van der Waals surface area (Å²) in [6.07, 6.45) is 2.22. The van der Waals surface area contributed by atoms with Crippen LogP contribution in [0.5, 0.6) is 0 Å². The van der Waals surface area contributed by atoms with Gasteiger partial charge in [-0.25, -0.2) is 4.68 Å². The third-order valence-corrected chi connectivity index (χ3v) is 8.28. The van der Waals surface area contributed by atoms with Gasteiger partial charge in [0.15, 0.2) is 0 Å². The summed E-state index contributed by atoms with van der Waals surface area (Å²) in [6.45, 7) is 3.92. The Labute approximate surface area is 264 Å². The lowest BCUT2D eigenvalue weighted by Crippen LogP contribution is -2.58. The number of benzene rings is 2. The summed E-state index contributed by atoms with van der Waals surface area (Å²) < 4.78 is 1.63. The molecule has 0 radical (unpaired) electrons. The number of hydrogen-bond donors (Lipinski definition) is 3. The summed E-state index contributed by atoms with van der Waals surface area (Å²) in [5, 5.41) is 29.1. The molecule has 2 aromatic heterocycles. The van der Waals surface area contributed by atoms with Gasteiger partial charge in [-0.15, -0.1) is 15.3 Å². The number of likely N-dealkylation sites (tertiary alicyclic amines) is 1. The van der Waals surface area contributed by atoms with Crippen molar-refractivity contribution in [3.8, 4) is 11.4 Å². The van der Waals surface area contributed by atoms with Gasteiger partial charge in [0.05, 0.1) is 25.8 Å². The van der Waals surface area contributed by atoms with Crippen LogP contribution in [-0.4, -0.2) is 88.4 Å². The van der Waals surface area contributed by atoms with Crippen LogP contribution in [0.3, 0.4) is 0 Å². The van der Waals surface area contributed by atoms with Crippen molar-refractivity contribution in [2.24, 2.45) is 13.0 Å². The first kappa shape index (κ1) is 30.6. The molecule has 6 rings (SSSR count).